The molecule has 1 aromatic carbocycles. The van der Waals surface area contributed by atoms with E-state index in [-0.39, 0.29) is 10.5 Å². The van der Waals surface area contributed by atoms with Crippen LogP contribution in [0.2, 0.25) is 0 Å². The first-order valence-corrected chi connectivity index (χ1v) is 3.94. The lowest BCUT2D eigenvalue weighted by molar-refractivity contribution is -0.497. The molecule has 0 atom stereocenters. The predicted octanol–water partition coefficient (Wildman–Crippen LogP) is 2.62. The first-order valence-electron chi connectivity index (χ1n) is 3.94. The lowest BCUT2D eigenvalue weighted by Crippen LogP contribution is -2.05. The summed E-state index contributed by atoms with van der Waals surface area (Å²) in [6.07, 6.45) is -4.40. The standard InChI is InChI=1S/C8H8F3N3O/c1-14(15)13-12-7-4-2-3-6(5-7)8(9,10)11/h2-5,12H,1H3. The molecule has 0 radical (unpaired) electrons. The maximum Gasteiger partial charge on any atom is 0.416 e. The summed E-state index contributed by atoms with van der Waals surface area (Å²) in [5.41, 5.74) is 1.50. The van der Waals surface area contributed by atoms with Gasteiger partial charge in [0.15, 0.2) is 0 Å². The summed E-state index contributed by atoms with van der Waals surface area (Å²) in [5, 5.41) is 13.5. The Balaban J connectivity index is 2.89. The highest BCUT2D eigenvalue weighted by Crippen LogP contribution is 2.30. The smallest absolute Gasteiger partial charge is 0.416 e. The fourth-order valence-electron chi connectivity index (χ4n) is 0.893. The highest BCUT2D eigenvalue weighted by atomic mass is 19.4. The Morgan fingerprint density at radius 3 is 2.60 bits per heavy atom. The van der Waals surface area contributed by atoms with Crippen molar-refractivity contribution in [1.82, 2.24) is 0 Å². The van der Waals surface area contributed by atoms with Gasteiger partial charge in [0.05, 0.1) is 10.8 Å². The van der Waals surface area contributed by atoms with E-state index in [1.165, 1.54) is 12.1 Å². The number of nitrogens with one attached hydrogen (secondary N) is 1. The summed E-state index contributed by atoms with van der Waals surface area (Å²) >= 11 is 0. The third kappa shape index (κ3) is 3.45. The molecular formula is C8H8F3N3O. The van der Waals surface area contributed by atoms with Gasteiger partial charge in [0.1, 0.15) is 12.7 Å². The van der Waals surface area contributed by atoms with Crippen molar-refractivity contribution in [2.75, 3.05) is 12.5 Å². The van der Waals surface area contributed by atoms with Crippen LogP contribution in [-0.2, 0) is 6.18 Å². The maximum absolute atomic E-state index is 12.2. The van der Waals surface area contributed by atoms with E-state index >= 15 is 0 Å². The van der Waals surface area contributed by atoms with E-state index in [0.29, 0.717) is 0 Å². The van der Waals surface area contributed by atoms with Crippen molar-refractivity contribution in [1.29, 1.82) is 0 Å². The molecule has 1 rings (SSSR count). The molecule has 7 heteroatoms. The molecule has 1 aromatic rings. The van der Waals surface area contributed by atoms with Gasteiger partial charge >= 0.3 is 6.18 Å². The zero-order valence-corrected chi connectivity index (χ0v) is 7.75. The summed E-state index contributed by atoms with van der Waals surface area (Å²) in [5.74, 6) is 0. The number of hydroxylamine groups is 1. The number of halogens is 3. The number of hydrogen-bond donors (Lipinski definition) is 1. The van der Waals surface area contributed by atoms with Crippen LogP contribution in [0.25, 0.3) is 0 Å². The van der Waals surface area contributed by atoms with Crippen molar-refractivity contribution >= 4 is 5.69 Å². The van der Waals surface area contributed by atoms with Crippen molar-refractivity contribution in [3.8, 4) is 0 Å². The van der Waals surface area contributed by atoms with Crippen molar-refractivity contribution in [2.45, 2.75) is 6.18 Å². The second-order valence-corrected chi connectivity index (χ2v) is 2.75. The summed E-state index contributed by atoms with van der Waals surface area (Å²) in [4.78, 5) is 0.209. The van der Waals surface area contributed by atoms with Gasteiger partial charge < -0.3 is 5.21 Å². The molecule has 82 valence electrons. The van der Waals surface area contributed by atoms with Crippen LogP contribution in [0.3, 0.4) is 0 Å². The summed E-state index contributed by atoms with van der Waals surface area (Å²) in [6.45, 7) is 0. The Kier molecular flexibility index (Phi) is 3.13. The number of alkyl halides is 3. The monoisotopic (exact) mass is 219 g/mol. The van der Waals surface area contributed by atoms with Gasteiger partial charge in [-0.05, 0) is 18.2 Å². The van der Waals surface area contributed by atoms with Crippen molar-refractivity contribution < 1.29 is 18.0 Å². The van der Waals surface area contributed by atoms with Gasteiger partial charge in [-0.25, -0.2) is 0 Å². The third-order valence-corrected chi connectivity index (χ3v) is 1.51. The van der Waals surface area contributed by atoms with Crippen LogP contribution in [0, 0.1) is 5.21 Å². The van der Waals surface area contributed by atoms with Crippen LogP contribution in [0.15, 0.2) is 29.5 Å². The highest BCUT2D eigenvalue weighted by molar-refractivity contribution is 5.45. The Bertz CT molecular complexity index is 372. The van der Waals surface area contributed by atoms with E-state index in [9.17, 15) is 18.4 Å². The number of nitrogens with zero attached hydrogens (tertiary/aromatic N) is 2. The zero-order valence-electron chi connectivity index (χ0n) is 7.75. The highest BCUT2D eigenvalue weighted by Gasteiger charge is 2.30. The van der Waals surface area contributed by atoms with E-state index in [1.54, 1.807) is 0 Å². The van der Waals surface area contributed by atoms with Crippen LogP contribution in [-0.4, -0.2) is 11.9 Å². The molecule has 0 spiro atoms. The SMILES string of the molecule is C[N+]([O-])=NNc1cccc(C(F)(F)F)c1. The van der Waals surface area contributed by atoms with Crippen LogP contribution >= 0.6 is 0 Å². The Labute approximate surface area is 83.6 Å². The minimum atomic E-state index is -4.40. The van der Waals surface area contributed by atoms with Gasteiger partial charge in [0.25, 0.3) is 0 Å². The minimum Gasteiger partial charge on any atom is -0.696 e. The van der Waals surface area contributed by atoms with Crippen molar-refractivity contribution in [3.63, 3.8) is 0 Å². The first-order chi connectivity index (χ1) is 6.89. The Morgan fingerprint density at radius 1 is 1.40 bits per heavy atom. The maximum atomic E-state index is 12.2. The third-order valence-electron chi connectivity index (χ3n) is 1.51. The fourth-order valence-corrected chi connectivity index (χ4v) is 0.893. The largest absolute Gasteiger partial charge is 0.696 e. The zero-order chi connectivity index (χ0) is 11.5. The topological polar surface area (TPSA) is 50.5 Å². The first kappa shape index (κ1) is 11.3. The van der Waals surface area contributed by atoms with E-state index in [1.807, 2.05) is 0 Å². The van der Waals surface area contributed by atoms with Crippen LogP contribution < -0.4 is 5.43 Å². The van der Waals surface area contributed by atoms with Gasteiger partial charge in [-0.1, -0.05) is 6.07 Å². The molecule has 0 amide bonds. The molecule has 15 heavy (non-hydrogen) atoms. The number of benzene rings is 1. The fraction of sp³-hybridized carbons (Fsp3) is 0.250. The second-order valence-electron chi connectivity index (χ2n) is 2.75. The van der Waals surface area contributed by atoms with Gasteiger partial charge in [-0.2, -0.15) is 18.0 Å². The summed E-state index contributed by atoms with van der Waals surface area (Å²) in [6, 6.07) is 4.41. The quantitative estimate of drug-likeness (QED) is 0.472. The van der Waals surface area contributed by atoms with Gasteiger partial charge in [0.2, 0.25) is 0 Å². The molecular weight excluding hydrogens is 211 g/mol. The number of rotatable bonds is 2. The lowest BCUT2D eigenvalue weighted by Gasteiger charge is -2.06. The molecule has 0 bridgehead atoms. The molecule has 0 aromatic heterocycles. The lowest BCUT2D eigenvalue weighted by atomic mass is 10.2. The predicted molar refractivity (Wildman–Crippen MR) is 47.0 cm³/mol. The Morgan fingerprint density at radius 2 is 2.07 bits per heavy atom. The average molecular weight is 219 g/mol. The number of anilines is 1. The number of hydrogen-bond acceptors (Lipinski definition) is 2. The van der Waals surface area contributed by atoms with Gasteiger partial charge in [-0.3, -0.25) is 0 Å². The van der Waals surface area contributed by atoms with Crippen LogP contribution in [0.1, 0.15) is 5.56 Å². The molecule has 0 heterocycles. The summed E-state index contributed by atoms with van der Waals surface area (Å²) in [7, 11) is 1.11. The minimum absolute atomic E-state index is 0.104. The molecule has 1 N–H and O–H groups in total. The second kappa shape index (κ2) is 4.16. The van der Waals surface area contributed by atoms with E-state index in [0.717, 1.165) is 19.2 Å². The van der Waals surface area contributed by atoms with E-state index < -0.39 is 11.7 Å². The van der Waals surface area contributed by atoms with E-state index in [2.05, 4.69) is 10.6 Å². The summed E-state index contributed by atoms with van der Waals surface area (Å²) < 4.78 is 36.7. The molecule has 0 aliphatic carbocycles. The molecule has 0 unspecified atom stereocenters. The van der Waals surface area contributed by atoms with Crippen LogP contribution in [0.4, 0.5) is 18.9 Å². The molecule has 0 saturated carbocycles. The molecule has 0 saturated heterocycles. The molecule has 0 fully saturated rings. The van der Waals surface area contributed by atoms with Crippen molar-refractivity contribution in [3.05, 3.63) is 35.0 Å². The average Bonchev–Trinajstić information content (AvgIpc) is 2.14. The van der Waals surface area contributed by atoms with Crippen LogP contribution in [0.5, 0.6) is 0 Å². The normalized spacial score (nSPS) is 12.7. The van der Waals surface area contributed by atoms with Gasteiger partial charge in [0, 0.05) is 0 Å². The molecule has 0 aliphatic rings. The Hall–Kier alpha value is -1.79. The molecule has 0 aliphatic heterocycles. The van der Waals surface area contributed by atoms with Gasteiger partial charge in [-0.15, -0.1) is 5.43 Å². The van der Waals surface area contributed by atoms with Crippen molar-refractivity contribution in [2.24, 2.45) is 5.22 Å². The van der Waals surface area contributed by atoms with E-state index in [4.69, 9.17) is 0 Å². The molecule has 4 nitrogen and oxygen atoms in total.